The van der Waals surface area contributed by atoms with Gasteiger partial charge in [0.25, 0.3) is 11.6 Å². The lowest BCUT2D eigenvalue weighted by Gasteiger charge is -2.32. The fourth-order valence-corrected chi connectivity index (χ4v) is 2.33. The van der Waals surface area contributed by atoms with Gasteiger partial charge in [0.15, 0.2) is 0 Å². The summed E-state index contributed by atoms with van der Waals surface area (Å²) >= 11 is 0. The molecule has 22 heavy (non-hydrogen) atoms. The Morgan fingerprint density at radius 1 is 1.50 bits per heavy atom. The van der Waals surface area contributed by atoms with E-state index in [4.69, 9.17) is 4.42 Å². The van der Waals surface area contributed by atoms with Gasteiger partial charge in [-0.25, -0.2) is 0 Å². The zero-order valence-corrected chi connectivity index (χ0v) is 12.4. The number of furan rings is 1. The molecule has 1 aliphatic heterocycles. The fourth-order valence-electron chi connectivity index (χ4n) is 2.33. The quantitative estimate of drug-likeness (QED) is 0.931. The number of hydrogen-bond acceptors (Lipinski definition) is 4. The summed E-state index contributed by atoms with van der Waals surface area (Å²) < 4.78 is 44.6. The van der Waals surface area contributed by atoms with E-state index in [2.05, 4.69) is 5.10 Å². The molecule has 1 aromatic rings. The molecule has 0 fully saturated rings. The first-order valence-corrected chi connectivity index (χ1v) is 6.79. The van der Waals surface area contributed by atoms with Crippen molar-refractivity contribution < 1.29 is 27.5 Å². The van der Waals surface area contributed by atoms with Gasteiger partial charge in [0.05, 0.1) is 11.8 Å². The van der Waals surface area contributed by atoms with Crippen molar-refractivity contribution in [2.24, 2.45) is 11.0 Å². The molecule has 0 aliphatic carbocycles. The molecule has 1 amide bonds. The van der Waals surface area contributed by atoms with Crippen molar-refractivity contribution in [2.45, 2.75) is 45.5 Å². The Balaban J connectivity index is 2.41. The van der Waals surface area contributed by atoms with Gasteiger partial charge < -0.3 is 9.52 Å². The minimum atomic E-state index is -5.01. The molecule has 1 N–H and O–H groups in total. The Kier molecular flexibility index (Phi) is 4.08. The number of carbonyl (C=O) groups excluding carboxylic acids is 1. The molecule has 1 atom stereocenters. The van der Waals surface area contributed by atoms with Gasteiger partial charge in [0.2, 0.25) is 0 Å². The Hall–Kier alpha value is -1.83. The van der Waals surface area contributed by atoms with E-state index in [0.29, 0.717) is 5.56 Å². The summed E-state index contributed by atoms with van der Waals surface area (Å²) in [5.41, 5.74) is -2.86. The van der Waals surface area contributed by atoms with Crippen molar-refractivity contribution in [3.63, 3.8) is 0 Å². The molecule has 0 aromatic carbocycles. The highest BCUT2D eigenvalue weighted by molar-refractivity contribution is 5.99. The number of rotatable bonds is 3. The number of alkyl halides is 3. The van der Waals surface area contributed by atoms with Crippen molar-refractivity contribution in [2.75, 3.05) is 0 Å². The first kappa shape index (κ1) is 16.5. The predicted octanol–water partition coefficient (Wildman–Crippen LogP) is 3.09. The fraction of sp³-hybridized carbons (Fsp3) is 0.571. The van der Waals surface area contributed by atoms with Crippen molar-refractivity contribution in [3.8, 4) is 0 Å². The number of hydrogen-bond donors (Lipinski definition) is 1. The van der Waals surface area contributed by atoms with Gasteiger partial charge in [-0.1, -0.05) is 13.8 Å². The van der Waals surface area contributed by atoms with Crippen LogP contribution in [-0.4, -0.2) is 33.6 Å². The molecule has 2 heterocycles. The predicted molar refractivity (Wildman–Crippen MR) is 72.1 cm³/mol. The first-order chi connectivity index (χ1) is 10.1. The highest BCUT2D eigenvalue weighted by atomic mass is 19.4. The zero-order chi connectivity index (χ0) is 16.7. The van der Waals surface area contributed by atoms with Crippen LogP contribution < -0.4 is 0 Å². The summed E-state index contributed by atoms with van der Waals surface area (Å²) in [6.07, 6.45) is -3.19. The number of carbonyl (C=O) groups is 1. The van der Waals surface area contributed by atoms with Crippen molar-refractivity contribution >= 4 is 11.6 Å². The second-order valence-corrected chi connectivity index (χ2v) is 5.84. The smallest absolute Gasteiger partial charge is 0.438 e. The maximum atomic E-state index is 13.3. The molecule has 0 radical (unpaired) electrons. The van der Waals surface area contributed by atoms with E-state index in [1.165, 1.54) is 13.2 Å². The SMILES string of the molecule is Cc1cocc1C(=O)N1N=C(CC(C)C)C[C@]1(O)C(F)(F)F. The maximum absolute atomic E-state index is 13.3. The van der Waals surface area contributed by atoms with Gasteiger partial charge >= 0.3 is 6.18 Å². The normalized spacial score (nSPS) is 22.4. The number of nitrogens with zero attached hydrogens (tertiary/aromatic N) is 2. The Morgan fingerprint density at radius 2 is 2.14 bits per heavy atom. The van der Waals surface area contributed by atoms with Crippen LogP contribution in [0.4, 0.5) is 13.2 Å². The molecule has 2 rings (SSSR count). The summed E-state index contributed by atoms with van der Waals surface area (Å²) in [5.74, 6) is -0.980. The van der Waals surface area contributed by atoms with Crippen LogP contribution in [-0.2, 0) is 0 Å². The number of halogens is 3. The molecule has 5 nitrogen and oxygen atoms in total. The lowest BCUT2D eigenvalue weighted by Crippen LogP contribution is -2.56. The average molecular weight is 318 g/mol. The van der Waals surface area contributed by atoms with Crippen LogP contribution in [0.15, 0.2) is 22.0 Å². The third-order valence-corrected chi connectivity index (χ3v) is 3.42. The van der Waals surface area contributed by atoms with Crippen molar-refractivity contribution in [1.82, 2.24) is 5.01 Å². The minimum Gasteiger partial charge on any atom is -0.471 e. The van der Waals surface area contributed by atoms with E-state index in [1.54, 1.807) is 0 Å². The van der Waals surface area contributed by atoms with Crippen LogP contribution in [0.5, 0.6) is 0 Å². The third-order valence-electron chi connectivity index (χ3n) is 3.42. The number of amides is 1. The van der Waals surface area contributed by atoms with Crippen molar-refractivity contribution in [3.05, 3.63) is 23.7 Å². The monoisotopic (exact) mass is 318 g/mol. The number of aliphatic hydroxyl groups is 1. The highest BCUT2D eigenvalue weighted by Crippen LogP contribution is 2.42. The van der Waals surface area contributed by atoms with E-state index < -0.39 is 24.2 Å². The van der Waals surface area contributed by atoms with E-state index in [1.807, 2.05) is 13.8 Å². The van der Waals surface area contributed by atoms with Crippen molar-refractivity contribution in [1.29, 1.82) is 0 Å². The highest BCUT2D eigenvalue weighted by Gasteiger charge is 2.63. The molecule has 0 bridgehead atoms. The molecular weight excluding hydrogens is 301 g/mol. The standard InChI is InChI=1S/C14H17F3N2O3/c1-8(2)4-10-5-13(21,14(15,16)17)19(18-10)12(20)11-7-22-6-9(11)3/h6-8,21H,4-5H2,1-3H3/t13-/m0/s1. The van der Waals surface area contributed by atoms with Gasteiger partial charge in [-0.3, -0.25) is 4.79 Å². The van der Waals surface area contributed by atoms with E-state index >= 15 is 0 Å². The summed E-state index contributed by atoms with van der Waals surface area (Å²) in [5, 5.41) is 13.9. The Labute approximate surface area is 125 Å². The molecule has 122 valence electrons. The molecule has 0 saturated carbocycles. The first-order valence-electron chi connectivity index (χ1n) is 6.79. The van der Waals surface area contributed by atoms with Crippen LogP contribution in [0, 0.1) is 12.8 Å². The van der Waals surface area contributed by atoms with E-state index in [-0.39, 0.29) is 28.6 Å². The third kappa shape index (κ3) is 2.75. The molecule has 0 spiro atoms. The number of aryl methyl sites for hydroxylation is 1. The van der Waals surface area contributed by atoms with Crippen LogP contribution >= 0.6 is 0 Å². The molecular formula is C14H17F3N2O3. The molecule has 0 unspecified atom stereocenters. The lowest BCUT2D eigenvalue weighted by atomic mass is 9.99. The second-order valence-electron chi connectivity index (χ2n) is 5.84. The van der Waals surface area contributed by atoms with Gasteiger partial charge in [-0.2, -0.15) is 23.3 Å². The van der Waals surface area contributed by atoms with Gasteiger partial charge in [-0.05, 0) is 19.3 Å². The summed E-state index contributed by atoms with van der Waals surface area (Å²) in [6, 6.07) is 0. The van der Waals surface area contributed by atoms with Gasteiger partial charge in [0.1, 0.15) is 6.26 Å². The number of hydrazone groups is 1. The maximum Gasteiger partial charge on any atom is 0.438 e. The van der Waals surface area contributed by atoms with Crippen LogP contribution in [0.2, 0.25) is 0 Å². The lowest BCUT2D eigenvalue weighted by molar-refractivity contribution is -0.297. The molecule has 0 saturated heterocycles. The van der Waals surface area contributed by atoms with Gasteiger partial charge in [0, 0.05) is 17.7 Å². The summed E-state index contributed by atoms with van der Waals surface area (Å²) in [4.78, 5) is 12.3. The van der Waals surface area contributed by atoms with Crippen LogP contribution in [0.1, 0.15) is 42.6 Å². The molecule has 8 heteroatoms. The largest absolute Gasteiger partial charge is 0.471 e. The zero-order valence-electron chi connectivity index (χ0n) is 12.4. The van der Waals surface area contributed by atoms with E-state index in [0.717, 1.165) is 6.26 Å². The van der Waals surface area contributed by atoms with E-state index in [9.17, 15) is 23.1 Å². The second kappa shape index (κ2) is 5.42. The Morgan fingerprint density at radius 3 is 2.59 bits per heavy atom. The molecule has 1 aliphatic rings. The summed E-state index contributed by atoms with van der Waals surface area (Å²) in [7, 11) is 0. The van der Waals surface area contributed by atoms with Crippen LogP contribution in [0.3, 0.4) is 0 Å². The Bertz CT molecular complexity index is 607. The topological polar surface area (TPSA) is 66.0 Å². The van der Waals surface area contributed by atoms with Crippen LogP contribution in [0.25, 0.3) is 0 Å². The molecule has 1 aromatic heterocycles. The average Bonchev–Trinajstić information content (AvgIpc) is 2.92. The summed E-state index contributed by atoms with van der Waals surface area (Å²) in [6.45, 7) is 5.16. The minimum absolute atomic E-state index is 0.0574. The van der Waals surface area contributed by atoms with Gasteiger partial charge in [-0.15, -0.1) is 0 Å².